The van der Waals surface area contributed by atoms with E-state index >= 15 is 0 Å². The zero-order chi connectivity index (χ0) is 12.4. The molecule has 2 unspecified atom stereocenters. The maximum Gasteiger partial charge on any atom is 0.153 e. The van der Waals surface area contributed by atoms with Crippen LogP contribution in [0.1, 0.15) is 10.4 Å². The fourth-order valence-electron chi connectivity index (χ4n) is 1.53. The molecule has 2 saturated heterocycles. The van der Waals surface area contributed by atoms with Gasteiger partial charge in [0, 0.05) is 6.07 Å². The average Bonchev–Trinajstić information content (AvgIpc) is 3.28. The summed E-state index contributed by atoms with van der Waals surface area (Å²) < 4.78 is 21.2. The lowest BCUT2D eigenvalue weighted by molar-refractivity contribution is 0.111. The molecule has 1 aromatic rings. The lowest BCUT2D eigenvalue weighted by atomic mass is 10.2. The standard InChI is InChI=1S/C13H14O5/c14-4-9-1-2-10(15-5-11-6-16-11)3-13(9)18-8-12-7-17-12/h1-4,11-12H,5-8H2. The van der Waals surface area contributed by atoms with Gasteiger partial charge in [0.2, 0.25) is 0 Å². The Labute approximate surface area is 105 Å². The minimum atomic E-state index is 0.161. The Hall–Kier alpha value is -1.59. The highest BCUT2D eigenvalue weighted by Crippen LogP contribution is 2.25. The normalized spacial score (nSPS) is 24.4. The van der Waals surface area contributed by atoms with E-state index in [1.165, 1.54) is 0 Å². The minimum Gasteiger partial charge on any atom is -0.491 e. The van der Waals surface area contributed by atoms with Crippen molar-refractivity contribution < 1.29 is 23.7 Å². The van der Waals surface area contributed by atoms with Gasteiger partial charge in [-0.1, -0.05) is 0 Å². The number of epoxide rings is 2. The van der Waals surface area contributed by atoms with Crippen LogP contribution in [0.2, 0.25) is 0 Å². The molecule has 0 aromatic heterocycles. The number of hydrogen-bond donors (Lipinski definition) is 0. The molecule has 0 bridgehead atoms. The Kier molecular flexibility index (Phi) is 3.17. The number of carbonyl (C=O) groups is 1. The van der Waals surface area contributed by atoms with Gasteiger partial charge in [0.1, 0.15) is 36.9 Å². The summed E-state index contributed by atoms with van der Waals surface area (Å²) in [4.78, 5) is 10.9. The SMILES string of the molecule is O=Cc1ccc(OCC2CO2)cc1OCC1CO1. The third-order valence-corrected chi connectivity index (χ3v) is 2.78. The van der Waals surface area contributed by atoms with Crippen molar-refractivity contribution in [2.75, 3.05) is 26.4 Å². The molecule has 0 saturated carbocycles. The highest BCUT2D eigenvalue weighted by atomic mass is 16.6. The molecule has 2 aliphatic rings. The smallest absolute Gasteiger partial charge is 0.153 e. The maximum atomic E-state index is 10.9. The van der Waals surface area contributed by atoms with E-state index in [1.54, 1.807) is 18.2 Å². The van der Waals surface area contributed by atoms with Gasteiger partial charge in [0.05, 0.1) is 18.8 Å². The second-order valence-corrected chi connectivity index (χ2v) is 4.35. The van der Waals surface area contributed by atoms with E-state index in [1.807, 2.05) is 0 Å². The Morgan fingerprint density at radius 2 is 1.83 bits per heavy atom. The fourth-order valence-corrected chi connectivity index (χ4v) is 1.53. The molecule has 2 fully saturated rings. The van der Waals surface area contributed by atoms with Gasteiger partial charge in [-0.15, -0.1) is 0 Å². The topological polar surface area (TPSA) is 60.6 Å². The van der Waals surface area contributed by atoms with Crippen LogP contribution in [0, 0.1) is 0 Å². The second kappa shape index (κ2) is 4.96. The molecule has 0 N–H and O–H groups in total. The van der Waals surface area contributed by atoms with Gasteiger partial charge < -0.3 is 18.9 Å². The van der Waals surface area contributed by atoms with Crippen molar-refractivity contribution in [1.29, 1.82) is 0 Å². The van der Waals surface area contributed by atoms with Crippen molar-refractivity contribution in [3.8, 4) is 11.5 Å². The van der Waals surface area contributed by atoms with Crippen LogP contribution in [-0.4, -0.2) is 44.9 Å². The fraction of sp³-hybridized carbons (Fsp3) is 0.462. The van der Waals surface area contributed by atoms with E-state index in [2.05, 4.69) is 0 Å². The summed E-state index contributed by atoms with van der Waals surface area (Å²) in [6, 6.07) is 5.18. The van der Waals surface area contributed by atoms with Crippen molar-refractivity contribution in [1.82, 2.24) is 0 Å². The summed E-state index contributed by atoms with van der Waals surface area (Å²) in [7, 11) is 0. The molecule has 18 heavy (non-hydrogen) atoms. The monoisotopic (exact) mass is 250 g/mol. The molecular formula is C13H14O5. The molecule has 0 amide bonds. The van der Waals surface area contributed by atoms with Crippen molar-refractivity contribution in [2.24, 2.45) is 0 Å². The average molecular weight is 250 g/mol. The molecule has 0 radical (unpaired) electrons. The predicted octanol–water partition coefficient (Wildman–Crippen LogP) is 1.05. The third-order valence-electron chi connectivity index (χ3n) is 2.78. The Morgan fingerprint density at radius 1 is 1.17 bits per heavy atom. The highest BCUT2D eigenvalue weighted by Gasteiger charge is 2.24. The molecule has 96 valence electrons. The zero-order valence-corrected chi connectivity index (χ0v) is 9.83. The van der Waals surface area contributed by atoms with E-state index in [0.717, 1.165) is 19.5 Å². The first kappa shape index (κ1) is 11.5. The number of ether oxygens (including phenoxy) is 4. The van der Waals surface area contributed by atoms with Crippen LogP contribution in [-0.2, 0) is 9.47 Å². The molecule has 1 aromatic carbocycles. The van der Waals surface area contributed by atoms with E-state index in [4.69, 9.17) is 18.9 Å². The van der Waals surface area contributed by atoms with Gasteiger partial charge in [-0.2, -0.15) is 0 Å². The van der Waals surface area contributed by atoms with Crippen molar-refractivity contribution in [3.05, 3.63) is 23.8 Å². The third kappa shape index (κ3) is 3.00. The molecule has 2 atom stereocenters. The molecule has 5 heteroatoms. The van der Waals surface area contributed by atoms with E-state index in [-0.39, 0.29) is 12.2 Å². The second-order valence-electron chi connectivity index (χ2n) is 4.35. The molecule has 2 aliphatic heterocycles. The zero-order valence-electron chi connectivity index (χ0n) is 9.83. The highest BCUT2D eigenvalue weighted by molar-refractivity contribution is 5.79. The van der Waals surface area contributed by atoms with Gasteiger partial charge in [0.25, 0.3) is 0 Å². The van der Waals surface area contributed by atoms with Gasteiger partial charge in [-0.3, -0.25) is 4.79 Å². The van der Waals surface area contributed by atoms with Gasteiger partial charge >= 0.3 is 0 Å². The van der Waals surface area contributed by atoms with Crippen molar-refractivity contribution >= 4 is 6.29 Å². The minimum absolute atomic E-state index is 0.161. The molecule has 2 heterocycles. The largest absolute Gasteiger partial charge is 0.491 e. The molecule has 0 aliphatic carbocycles. The summed E-state index contributed by atoms with van der Waals surface area (Å²) in [6.45, 7) is 2.49. The number of carbonyl (C=O) groups excluding carboxylic acids is 1. The lowest BCUT2D eigenvalue weighted by Crippen LogP contribution is -2.07. The number of aldehydes is 1. The van der Waals surface area contributed by atoms with Gasteiger partial charge in [-0.05, 0) is 12.1 Å². The Morgan fingerprint density at radius 3 is 2.44 bits per heavy atom. The number of rotatable bonds is 7. The van der Waals surface area contributed by atoms with Crippen LogP contribution in [0.5, 0.6) is 11.5 Å². The number of benzene rings is 1. The summed E-state index contributed by atoms with van der Waals surface area (Å²) in [5.41, 5.74) is 0.519. The molecule has 0 spiro atoms. The van der Waals surface area contributed by atoms with E-state index in [9.17, 15) is 4.79 Å². The van der Waals surface area contributed by atoms with Gasteiger partial charge in [-0.25, -0.2) is 0 Å². The molecular weight excluding hydrogens is 236 g/mol. The summed E-state index contributed by atoms with van der Waals surface area (Å²) >= 11 is 0. The molecule has 5 nitrogen and oxygen atoms in total. The quantitative estimate of drug-likeness (QED) is 0.535. The van der Waals surface area contributed by atoms with Crippen LogP contribution >= 0.6 is 0 Å². The first-order valence-electron chi connectivity index (χ1n) is 5.93. The Balaban J connectivity index is 1.65. The van der Waals surface area contributed by atoms with Crippen LogP contribution in [0.25, 0.3) is 0 Å². The first-order chi connectivity index (χ1) is 8.85. The van der Waals surface area contributed by atoms with E-state index in [0.29, 0.717) is 30.3 Å². The van der Waals surface area contributed by atoms with Crippen molar-refractivity contribution in [2.45, 2.75) is 12.2 Å². The number of hydrogen-bond acceptors (Lipinski definition) is 5. The first-order valence-corrected chi connectivity index (χ1v) is 5.93. The van der Waals surface area contributed by atoms with Crippen molar-refractivity contribution in [3.63, 3.8) is 0 Å². The summed E-state index contributed by atoms with van der Waals surface area (Å²) in [5, 5.41) is 0. The van der Waals surface area contributed by atoms with Crippen LogP contribution in [0.4, 0.5) is 0 Å². The summed E-state index contributed by atoms with van der Waals surface area (Å²) in [6.07, 6.45) is 1.14. The summed E-state index contributed by atoms with van der Waals surface area (Å²) in [5.74, 6) is 1.22. The van der Waals surface area contributed by atoms with Gasteiger partial charge in [0.15, 0.2) is 6.29 Å². The molecule has 3 rings (SSSR count). The Bertz CT molecular complexity index is 437. The van der Waals surface area contributed by atoms with Crippen LogP contribution in [0.15, 0.2) is 18.2 Å². The maximum absolute atomic E-state index is 10.9. The van der Waals surface area contributed by atoms with E-state index < -0.39 is 0 Å². The lowest BCUT2D eigenvalue weighted by Gasteiger charge is -2.10. The van der Waals surface area contributed by atoms with Crippen LogP contribution in [0.3, 0.4) is 0 Å². The predicted molar refractivity (Wildman–Crippen MR) is 62.3 cm³/mol. The van der Waals surface area contributed by atoms with Crippen LogP contribution < -0.4 is 9.47 Å².